The smallest absolute Gasteiger partial charge is 0.183 e. The van der Waals surface area contributed by atoms with Gasteiger partial charge in [-0.05, 0) is 19.1 Å². The Morgan fingerprint density at radius 1 is 1.33 bits per heavy atom. The van der Waals surface area contributed by atoms with Crippen molar-refractivity contribution < 1.29 is 5.11 Å². The number of hydrogen-bond donors (Lipinski definition) is 1. The van der Waals surface area contributed by atoms with Gasteiger partial charge in [-0.1, -0.05) is 40.9 Å². The molecule has 0 saturated carbocycles. The molecule has 1 unspecified atom stereocenters. The quantitative estimate of drug-likeness (QED) is 0.899. The number of aromatic nitrogens is 1. The second-order valence-corrected chi connectivity index (χ2v) is 6.70. The zero-order valence-corrected chi connectivity index (χ0v) is 12.5. The highest BCUT2D eigenvalue weighted by molar-refractivity contribution is 7.15. The van der Waals surface area contributed by atoms with E-state index in [1.165, 1.54) is 11.3 Å². The molecule has 0 aliphatic heterocycles. The predicted molar refractivity (Wildman–Crippen MR) is 76.9 cm³/mol. The number of rotatable bonds is 3. The van der Waals surface area contributed by atoms with Crippen LogP contribution in [0, 0.1) is 0 Å². The van der Waals surface area contributed by atoms with E-state index >= 15 is 0 Å². The van der Waals surface area contributed by atoms with Crippen molar-refractivity contribution in [3.63, 3.8) is 0 Å². The van der Waals surface area contributed by atoms with Crippen molar-refractivity contribution in [3.8, 4) is 0 Å². The first-order chi connectivity index (χ1) is 8.38. The van der Waals surface area contributed by atoms with Crippen molar-refractivity contribution in [2.45, 2.75) is 18.9 Å². The van der Waals surface area contributed by atoms with Crippen LogP contribution in [0.5, 0.6) is 0 Å². The highest BCUT2D eigenvalue weighted by Crippen LogP contribution is 2.34. The van der Waals surface area contributed by atoms with Gasteiger partial charge in [0.05, 0.1) is 5.60 Å². The second kappa shape index (κ2) is 5.35. The van der Waals surface area contributed by atoms with E-state index in [-0.39, 0.29) is 0 Å². The van der Waals surface area contributed by atoms with E-state index in [0.29, 0.717) is 26.5 Å². The predicted octanol–water partition coefficient (Wildman–Crippen LogP) is 4.55. The van der Waals surface area contributed by atoms with Gasteiger partial charge in [0.1, 0.15) is 0 Å². The van der Waals surface area contributed by atoms with Gasteiger partial charge < -0.3 is 5.11 Å². The summed E-state index contributed by atoms with van der Waals surface area (Å²) in [6.07, 6.45) is 2.06. The minimum Gasteiger partial charge on any atom is -0.385 e. The molecule has 0 saturated heterocycles. The Balaban J connectivity index is 2.29. The van der Waals surface area contributed by atoms with Crippen LogP contribution in [0.1, 0.15) is 17.4 Å². The van der Waals surface area contributed by atoms with Crippen LogP contribution < -0.4 is 0 Å². The van der Waals surface area contributed by atoms with E-state index in [1.54, 1.807) is 31.3 Å². The summed E-state index contributed by atoms with van der Waals surface area (Å²) in [5.41, 5.74) is -0.449. The topological polar surface area (TPSA) is 33.1 Å². The zero-order valence-electron chi connectivity index (χ0n) is 9.45. The summed E-state index contributed by atoms with van der Waals surface area (Å²) in [5.74, 6) is 0. The molecule has 0 fully saturated rings. The minimum absolute atomic E-state index is 0.402. The summed E-state index contributed by atoms with van der Waals surface area (Å²) in [6.45, 7) is 1.70. The summed E-state index contributed by atoms with van der Waals surface area (Å²) >= 11 is 19.1. The van der Waals surface area contributed by atoms with E-state index in [9.17, 15) is 5.11 Å². The van der Waals surface area contributed by atoms with Crippen molar-refractivity contribution in [1.29, 1.82) is 0 Å². The van der Waals surface area contributed by atoms with Crippen LogP contribution in [-0.4, -0.2) is 10.1 Å². The van der Waals surface area contributed by atoms with Gasteiger partial charge in [-0.15, -0.1) is 11.3 Å². The molecule has 2 rings (SSSR count). The molecule has 0 aliphatic rings. The van der Waals surface area contributed by atoms with Crippen molar-refractivity contribution in [1.82, 2.24) is 4.98 Å². The third-order valence-corrected chi connectivity index (χ3v) is 4.22. The molecule has 0 amide bonds. The van der Waals surface area contributed by atoms with Crippen molar-refractivity contribution in [2.75, 3.05) is 0 Å². The van der Waals surface area contributed by atoms with Gasteiger partial charge in [0.2, 0.25) is 0 Å². The molecule has 6 heteroatoms. The van der Waals surface area contributed by atoms with Gasteiger partial charge in [0, 0.05) is 33.1 Å². The molecule has 1 aromatic heterocycles. The highest BCUT2D eigenvalue weighted by Gasteiger charge is 2.27. The Bertz CT molecular complexity index is 568. The van der Waals surface area contributed by atoms with Gasteiger partial charge in [-0.3, -0.25) is 0 Å². The largest absolute Gasteiger partial charge is 0.385 e. The fourth-order valence-corrected chi connectivity index (χ4v) is 3.46. The Morgan fingerprint density at radius 2 is 2.06 bits per heavy atom. The molecule has 2 nitrogen and oxygen atoms in total. The third-order valence-electron chi connectivity index (χ3n) is 2.56. The average molecular weight is 323 g/mol. The molecule has 1 aromatic carbocycles. The highest BCUT2D eigenvalue weighted by atomic mass is 35.5. The summed E-state index contributed by atoms with van der Waals surface area (Å²) in [4.78, 5) is 4.85. The molecule has 1 heterocycles. The number of benzene rings is 1. The Kier molecular flexibility index (Phi) is 4.19. The fourth-order valence-electron chi connectivity index (χ4n) is 1.73. The Morgan fingerprint density at radius 3 is 2.61 bits per heavy atom. The zero-order chi connectivity index (χ0) is 13.3. The number of hydrogen-bond acceptors (Lipinski definition) is 3. The van der Waals surface area contributed by atoms with Crippen LogP contribution in [0.15, 0.2) is 24.4 Å². The van der Waals surface area contributed by atoms with E-state index in [1.807, 2.05) is 0 Å². The van der Waals surface area contributed by atoms with E-state index in [2.05, 4.69) is 4.98 Å². The van der Waals surface area contributed by atoms with E-state index in [0.717, 1.165) is 4.88 Å². The summed E-state index contributed by atoms with van der Waals surface area (Å²) in [6, 6.07) is 5.05. The summed E-state index contributed by atoms with van der Waals surface area (Å²) < 4.78 is 0.461. The van der Waals surface area contributed by atoms with Gasteiger partial charge in [0.25, 0.3) is 0 Å². The number of nitrogens with zero attached hydrogens (tertiary/aromatic N) is 1. The summed E-state index contributed by atoms with van der Waals surface area (Å²) in [5, 5.41) is 11.5. The normalized spacial score (nSPS) is 14.5. The van der Waals surface area contributed by atoms with Crippen molar-refractivity contribution >= 4 is 46.1 Å². The lowest BCUT2D eigenvalue weighted by Gasteiger charge is -2.24. The molecule has 1 N–H and O–H groups in total. The third kappa shape index (κ3) is 3.16. The maximum absolute atomic E-state index is 10.5. The van der Waals surface area contributed by atoms with Gasteiger partial charge in [-0.2, -0.15) is 0 Å². The number of halogens is 3. The summed E-state index contributed by atoms with van der Waals surface area (Å²) in [7, 11) is 0. The van der Waals surface area contributed by atoms with Gasteiger partial charge in [-0.25, -0.2) is 4.98 Å². The second-order valence-electron chi connectivity index (χ2n) is 4.15. The number of aliphatic hydroxyl groups is 1. The lowest BCUT2D eigenvalue weighted by Crippen LogP contribution is -2.24. The van der Waals surface area contributed by atoms with Crippen LogP contribution in [-0.2, 0) is 12.0 Å². The lowest BCUT2D eigenvalue weighted by molar-refractivity contribution is 0.0585. The van der Waals surface area contributed by atoms with Crippen molar-refractivity contribution in [3.05, 3.63) is 49.3 Å². The molecule has 96 valence electrons. The SMILES string of the molecule is CC(O)(Cc1cnc(Cl)s1)c1ccc(Cl)cc1Cl. The molecule has 0 aliphatic carbocycles. The first-order valence-corrected chi connectivity index (χ1v) is 7.11. The molecule has 2 aromatic rings. The Hall–Kier alpha value is -0.320. The fraction of sp³-hybridized carbons (Fsp3) is 0.250. The van der Waals surface area contributed by atoms with Gasteiger partial charge in [0.15, 0.2) is 4.47 Å². The van der Waals surface area contributed by atoms with Crippen LogP contribution in [0.3, 0.4) is 0 Å². The van der Waals surface area contributed by atoms with E-state index < -0.39 is 5.60 Å². The standard InChI is InChI=1S/C12H10Cl3NOS/c1-12(17,5-8-6-16-11(15)18-8)9-3-2-7(13)4-10(9)14/h2-4,6,17H,5H2,1H3. The molecule has 1 atom stereocenters. The minimum atomic E-state index is -1.09. The maximum atomic E-state index is 10.5. The molecule has 18 heavy (non-hydrogen) atoms. The van der Waals surface area contributed by atoms with Crippen LogP contribution in [0.2, 0.25) is 14.5 Å². The lowest BCUT2D eigenvalue weighted by atomic mass is 9.92. The van der Waals surface area contributed by atoms with Gasteiger partial charge >= 0.3 is 0 Å². The van der Waals surface area contributed by atoms with Crippen LogP contribution in [0.4, 0.5) is 0 Å². The van der Waals surface area contributed by atoms with Crippen LogP contribution in [0.25, 0.3) is 0 Å². The van der Waals surface area contributed by atoms with Crippen LogP contribution >= 0.6 is 46.1 Å². The first-order valence-electron chi connectivity index (χ1n) is 5.16. The molecule has 0 bridgehead atoms. The Labute approximate surface area is 124 Å². The molecule has 0 radical (unpaired) electrons. The monoisotopic (exact) mass is 321 g/mol. The number of thiazole rings is 1. The van der Waals surface area contributed by atoms with Crippen molar-refractivity contribution in [2.24, 2.45) is 0 Å². The first kappa shape index (κ1) is 14.1. The molecular formula is C12H10Cl3NOS. The molecule has 0 spiro atoms. The average Bonchev–Trinajstić information content (AvgIpc) is 2.62. The van der Waals surface area contributed by atoms with E-state index in [4.69, 9.17) is 34.8 Å². The maximum Gasteiger partial charge on any atom is 0.183 e. The molecular weight excluding hydrogens is 313 g/mol.